The van der Waals surface area contributed by atoms with E-state index in [-0.39, 0.29) is 12.5 Å². The monoisotopic (exact) mass is 243 g/mol. The summed E-state index contributed by atoms with van der Waals surface area (Å²) in [7, 11) is 0. The molecule has 0 atom stereocenters. The Hall–Kier alpha value is -1.79. The van der Waals surface area contributed by atoms with Gasteiger partial charge in [-0.1, -0.05) is 17.9 Å². The highest BCUT2D eigenvalue weighted by molar-refractivity contribution is 5.96. The summed E-state index contributed by atoms with van der Waals surface area (Å²) >= 11 is 0. The Bertz CT molecular complexity index is 507. The number of benzene rings is 1. The summed E-state index contributed by atoms with van der Waals surface area (Å²) in [5, 5.41) is 11.7. The van der Waals surface area contributed by atoms with Crippen molar-refractivity contribution in [1.82, 2.24) is 5.32 Å². The first-order chi connectivity index (χ1) is 8.70. The van der Waals surface area contributed by atoms with Crippen molar-refractivity contribution in [2.45, 2.75) is 32.2 Å². The summed E-state index contributed by atoms with van der Waals surface area (Å²) in [5.74, 6) is 5.38. The van der Waals surface area contributed by atoms with Gasteiger partial charge in [0.15, 0.2) is 0 Å². The zero-order valence-corrected chi connectivity index (χ0v) is 10.5. The van der Waals surface area contributed by atoms with E-state index in [1.54, 1.807) is 6.07 Å². The van der Waals surface area contributed by atoms with Crippen LogP contribution in [-0.4, -0.2) is 23.7 Å². The van der Waals surface area contributed by atoms with Gasteiger partial charge in [0, 0.05) is 17.2 Å². The molecule has 1 saturated carbocycles. The van der Waals surface area contributed by atoms with Crippen LogP contribution in [0.15, 0.2) is 18.2 Å². The number of amides is 1. The second kappa shape index (κ2) is 5.70. The Kier molecular flexibility index (Phi) is 4.01. The van der Waals surface area contributed by atoms with Gasteiger partial charge >= 0.3 is 0 Å². The Balaban J connectivity index is 2.16. The molecule has 1 amide bonds. The fraction of sp³-hybridized carbons (Fsp3) is 0.400. The normalized spacial score (nSPS) is 14.3. The van der Waals surface area contributed by atoms with Crippen molar-refractivity contribution in [2.24, 2.45) is 0 Å². The molecule has 18 heavy (non-hydrogen) atoms. The standard InChI is InChI=1S/C15H17NO2/c1-11-7-8-12(4-3-9-17)10-14(11)15(18)16-13-5-2-6-13/h7-8,10,13,17H,2,5-6,9H2,1H3,(H,16,18). The number of nitrogens with one attached hydrogen (secondary N) is 1. The lowest BCUT2D eigenvalue weighted by molar-refractivity contribution is 0.0916. The Labute approximate surface area is 107 Å². The molecular formula is C15H17NO2. The third kappa shape index (κ3) is 2.91. The maximum absolute atomic E-state index is 12.1. The van der Waals surface area contributed by atoms with Crippen LogP contribution in [-0.2, 0) is 0 Å². The minimum absolute atomic E-state index is 0.0233. The quantitative estimate of drug-likeness (QED) is 0.775. The summed E-state index contributed by atoms with van der Waals surface area (Å²) in [6.45, 7) is 1.75. The molecular weight excluding hydrogens is 226 g/mol. The smallest absolute Gasteiger partial charge is 0.251 e. The molecule has 0 saturated heterocycles. The second-order valence-corrected chi connectivity index (χ2v) is 4.59. The van der Waals surface area contributed by atoms with Crippen LogP contribution in [0, 0.1) is 18.8 Å². The molecule has 1 fully saturated rings. The largest absolute Gasteiger partial charge is 0.384 e. The van der Waals surface area contributed by atoms with E-state index >= 15 is 0 Å². The van der Waals surface area contributed by atoms with Crippen molar-refractivity contribution in [3.8, 4) is 11.8 Å². The van der Waals surface area contributed by atoms with Gasteiger partial charge < -0.3 is 10.4 Å². The van der Waals surface area contributed by atoms with Gasteiger partial charge in [0.2, 0.25) is 0 Å². The molecule has 3 nitrogen and oxygen atoms in total. The van der Waals surface area contributed by atoms with Crippen molar-refractivity contribution < 1.29 is 9.90 Å². The molecule has 2 N–H and O–H groups in total. The first-order valence-electron chi connectivity index (χ1n) is 6.22. The molecule has 0 unspecified atom stereocenters. The van der Waals surface area contributed by atoms with Crippen molar-refractivity contribution in [3.05, 3.63) is 34.9 Å². The van der Waals surface area contributed by atoms with E-state index in [0.717, 1.165) is 24.0 Å². The molecule has 0 aromatic heterocycles. The maximum Gasteiger partial charge on any atom is 0.251 e. The molecule has 1 aromatic rings. The average Bonchev–Trinajstić information content (AvgIpc) is 2.32. The van der Waals surface area contributed by atoms with E-state index < -0.39 is 0 Å². The number of carbonyl (C=O) groups excluding carboxylic acids is 1. The fourth-order valence-corrected chi connectivity index (χ4v) is 1.90. The van der Waals surface area contributed by atoms with Gasteiger partial charge in [0.25, 0.3) is 5.91 Å². The van der Waals surface area contributed by atoms with Gasteiger partial charge in [-0.15, -0.1) is 0 Å². The summed E-state index contributed by atoms with van der Waals surface area (Å²) in [6.07, 6.45) is 3.36. The second-order valence-electron chi connectivity index (χ2n) is 4.59. The van der Waals surface area contributed by atoms with E-state index in [9.17, 15) is 4.79 Å². The molecule has 94 valence electrons. The molecule has 1 aliphatic carbocycles. The molecule has 1 aliphatic rings. The van der Waals surface area contributed by atoms with Gasteiger partial charge in [-0.25, -0.2) is 0 Å². The van der Waals surface area contributed by atoms with Crippen LogP contribution < -0.4 is 5.32 Å². The number of hydrogen-bond acceptors (Lipinski definition) is 2. The van der Waals surface area contributed by atoms with Crippen LogP contribution in [0.3, 0.4) is 0 Å². The third-order valence-electron chi connectivity index (χ3n) is 3.23. The highest BCUT2D eigenvalue weighted by atomic mass is 16.2. The summed E-state index contributed by atoms with van der Waals surface area (Å²) in [4.78, 5) is 12.1. The Morgan fingerprint density at radius 3 is 2.89 bits per heavy atom. The van der Waals surface area contributed by atoms with Gasteiger partial charge in [-0.2, -0.15) is 0 Å². The van der Waals surface area contributed by atoms with Crippen LogP contribution >= 0.6 is 0 Å². The predicted octanol–water partition coefficient (Wildman–Crippen LogP) is 1.62. The predicted molar refractivity (Wildman–Crippen MR) is 70.2 cm³/mol. The van der Waals surface area contributed by atoms with Crippen LogP contribution in [0.1, 0.15) is 40.7 Å². The SMILES string of the molecule is Cc1ccc(C#CCO)cc1C(=O)NC1CCC1. The lowest BCUT2D eigenvalue weighted by Gasteiger charge is -2.26. The number of hydrogen-bond donors (Lipinski definition) is 2. The Morgan fingerprint density at radius 2 is 2.28 bits per heavy atom. The van der Waals surface area contributed by atoms with Crippen molar-refractivity contribution >= 4 is 5.91 Å². The highest BCUT2D eigenvalue weighted by Crippen LogP contribution is 2.19. The lowest BCUT2D eigenvalue weighted by atomic mass is 9.92. The van der Waals surface area contributed by atoms with Crippen LogP contribution in [0.2, 0.25) is 0 Å². The molecule has 0 bridgehead atoms. The van der Waals surface area contributed by atoms with Gasteiger partial charge in [-0.3, -0.25) is 4.79 Å². The fourth-order valence-electron chi connectivity index (χ4n) is 1.90. The van der Waals surface area contributed by atoms with E-state index in [0.29, 0.717) is 11.6 Å². The van der Waals surface area contributed by atoms with Gasteiger partial charge in [0.05, 0.1) is 0 Å². The van der Waals surface area contributed by atoms with Crippen LogP contribution in [0.25, 0.3) is 0 Å². The Morgan fingerprint density at radius 1 is 1.50 bits per heavy atom. The molecule has 3 heteroatoms. The minimum Gasteiger partial charge on any atom is -0.384 e. The van der Waals surface area contributed by atoms with Crippen LogP contribution in [0.4, 0.5) is 0 Å². The number of aliphatic hydroxyl groups excluding tert-OH is 1. The molecule has 2 rings (SSSR count). The molecule has 1 aromatic carbocycles. The number of carbonyl (C=O) groups is 1. The van der Waals surface area contributed by atoms with Crippen molar-refractivity contribution in [2.75, 3.05) is 6.61 Å². The number of aryl methyl sites for hydroxylation is 1. The zero-order valence-electron chi connectivity index (χ0n) is 10.5. The molecule has 0 spiro atoms. The van der Waals surface area contributed by atoms with E-state index in [1.165, 1.54) is 6.42 Å². The lowest BCUT2D eigenvalue weighted by Crippen LogP contribution is -2.39. The topological polar surface area (TPSA) is 49.3 Å². The summed E-state index contributed by atoms with van der Waals surface area (Å²) in [5.41, 5.74) is 2.38. The van der Waals surface area contributed by atoms with E-state index in [2.05, 4.69) is 17.2 Å². The van der Waals surface area contributed by atoms with Crippen LogP contribution in [0.5, 0.6) is 0 Å². The number of aliphatic hydroxyl groups is 1. The van der Waals surface area contributed by atoms with Gasteiger partial charge in [-0.05, 0) is 43.9 Å². The minimum atomic E-state index is -0.169. The third-order valence-corrected chi connectivity index (χ3v) is 3.23. The number of rotatable bonds is 2. The molecule has 0 heterocycles. The highest BCUT2D eigenvalue weighted by Gasteiger charge is 2.20. The zero-order chi connectivity index (χ0) is 13.0. The van der Waals surface area contributed by atoms with Crippen molar-refractivity contribution in [3.63, 3.8) is 0 Å². The van der Waals surface area contributed by atoms with E-state index in [1.807, 2.05) is 19.1 Å². The van der Waals surface area contributed by atoms with Crippen molar-refractivity contribution in [1.29, 1.82) is 0 Å². The maximum atomic E-state index is 12.1. The summed E-state index contributed by atoms with van der Waals surface area (Å²) in [6, 6.07) is 5.87. The first kappa shape index (κ1) is 12.7. The molecule has 0 radical (unpaired) electrons. The van der Waals surface area contributed by atoms with Gasteiger partial charge in [0.1, 0.15) is 6.61 Å². The average molecular weight is 243 g/mol. The van der Waals surface area contributed by atoms with E-state index in [4.69, 9.17) is 5.11 Å². The first-order valence-corrected chi connectivity index (χ1v) is 6.22. The summed E-state index contributed by atoms with van der Waals surface area (Å²) < 4.78 is 0. The molecule has 0 aliphatic heterocycles.